The van der Waals surface area contributed by atoms with Gasteiger partial charge in [-0.1, -0.05) is 18.2 Å². The highest BCUT2D eigenvalue weighted by Gasteiger charge is 2.34. The van der Waals surface area contributed by atoms with Gasteiger partial charge in [0.05, 0.1) is 29.8 Å². The summed E-state index contributed by atoms with van der Waals surface area (Å²) in [5.74, 6) is 0.948. The zero-order chi connectivity index (χ0) is 20.0. The lowest BCUT2D eigenvalue weighted by atomic mass is 9.75. The first kappa shape index (κ1) is 18.4. The predicted molar refractivity (Wildman–Crippen MR) is 112 cm³/mol. The molecule has 1 aromatic carbocycles. The normalized spacial score (nSPS) is 23.2. The van der Waals surface area contributed by atoms with E-state index in [0.717, 1.165) is 36.9 Å². The second kappa shape index (κ2) is 7.30. The lowest BCUT2D eigenvalue weighted by molar-refractivity contribution is 0.0754. The van der Waals surface area contributed by atoms with E-state index in [-0.39, 0.29) is 11.8 Å². The molecule has 5 nitrogen and oxygen atoms in total. The van der Waals surface area contributed by atoms with E-state index >= 15 is 0 Å². The van der Waals surface area contributed by atoms with E-state index in [1.165, 1.54) is 24.0 Å². The van der Waals surface area contributed by atoms with Gasteiger partial charge >= 0.3 is 0 Å². The van der Waals surface area contributed by atoms with Gasteiger partial charge in [-0.3, -0.25) is 4.79 Å². The fraction of sp³-hybridized carbons (Fsp3) is 0.417. The second-order valence-corrected chi connectivity index (χ2v) is 8.68. The van der Waals surface area contributed by atoms with E-state index < -0.39 is 6.10 Å². The Hall–Kier alpha value is -2.66. The molecule has 0 radical (unpaired) electrons. The maximum absolute atomic E-state index is 11.4. The van der Waals surface area contributed by atoms with Crippen molar-refractivity contribution in [3.63, 3.8) is 0 Å². The van der Waals surface area contributed by atoms with Crippen LogP contribution < -0.4 is 5.73 Å². The van der Waals surface area contributed by atoms with E-state index in [1.54, 1.807) is 0 Å². The van der Waals surface area contributed by atoms with Crippen molar-refractivity contribution in [3.8, 4) is 0 Å². The number of carbonyl (C=O) groups is 1. The number of aromatic nitrogens is 2. The maximum Gasteiger partial charge on any atom is 0.248 e. The van der Waals surface area contributed by atoms with Gasteiger partial charge in [-0.25, -0.2) is 4.98 Å². The number of hydrogen-bond donors (Lipinski definition) is 2. The van der Waals surface area contributed by atoms with E-state index in [1.807, 2.05) is 36.8 Å². The van der Waals surface area contributed by atoms with Gasteiger partial charge in [0, 0.05) is 5.56 Å². The summed E-state index contributed by atoms with van der Waals surface area (Å²) in [7, 11) is 0. The van der Waals surface area contributed by atoms with Crippen LogP contribution in [0.25, 0.3) is 5.52 Å². The lowest BCUT2D eigenvalue weighted by Crippen LogP contribution is -2.22. The van der Waals surface area contributed by atoms with Crippen LogP contribution in [-0.4, -0.2) is 20.4 Å². The van der Waals surface area contributed by atoms with Crippen LogP contribution in [0.3, 0.4) is 0 Å². The van der Waals surface area contributed by atoms with E-state index in [9.17, 15) is 9.90 Å². The molecule has 3 N–H and O–H groups in total. The number of nitrogens with zero attached hydrogens (tertiary/aromatic N) is 2. The molecule has 1 amide bonds. The van der Waals surface area contributed by atoms with Gasteiger partial charge in [-0.15, -0.1) is 0 Å². The number of fused-ring (bicyclic) bond motifs is 1. The third kappa shape index (κ3) is 3.44. The minimum Gasteiger partial charge on any atom is -0.387 e. The summed E-state index contributed by atoms with van der Waals surface area (Å²) in [5, 5.41) is 11.4. The zero-order valence-electron chi connectivity index (χ0n) is 16.5. The first-order valence-electron chi connectivity index (χ1n) is 10.6. The molecule has 3 aromatic rings. The Morgan fingerprint density at radius 3 is 2.34 bits per heavy atom. The summed E-state index contributed by atoms with van der Waals surface area (Å²) in [5.41, 5.74) is 10.6. The number of primary amides is 1. The Morgan fingerprint density at radius 1 is 1.00 bits per heavy atom. The molecule has 5 rings (SSSR count). The summed E-state index contributed by atoms with van der Waals surface area (Å²) >= 11 is 0. The van der Waals surface area contributed by atoms with Crippen molar-refractivity contribution < 1.29 is 9.90 Å². The summed E-state index contributed by atoms with van der Waals surface area (Å²) in [6.45, 7) is 0. The lowest BCUT2D eigenvalue weighted by Gasteiger charge is -2.33. The Morgan fingerprint density at radius 2 is 1.69 bits per heavy atom. The predicted octanol–water partition coefficient (Wildman–Crippen LogP) is 4.32. The van der Waals surface area contributed by atoms with Crippen LogP contribution in [-0.2, 0) is 0 Å². The van der Waals surface area contributed by atoms with Gasteiger partial charge in [-0.05, 0) is 85.6 Å². The topological polar surface area (TPSA) is 80.6 Å². The summed E-state index contributed by atoms with van der Waals surface area (Å²) < 4.78 is 2.09. The molecule has 2 fully saturated rings. The minimum absolute atomic E-state index is 0.265. The van der Waals surface area contributed by atoms with Crippen molar-refractivity contribution in [2.24, 2.45) is 11.7 Å². The number of amides is 1. The van der Waals surface area contributed by atoms with Crippen molar-refractivity contribution in [2.45, 2.75) is 56.5 Å². The van der Waals surface area contributed by atoms with Crippen LogP contribution in [0.1, 0.15) is 83.6 Å². The number of hydrogen-bond acceptors (Lipinski definition) is 3. The zero-order valence-corrected chi connectivity index (χ0v) is 16.5. The molecular weight excluding hydrogens is 362 g/mol. The number of nitrogens with two attached hydrogens (primary N) is 1. The van der Waals surface area contributed by atoms with Gasteiger partial charge < -0.3 is 15.2 Å². The highest BCUT2D eigenvalue weighted by Crippen LogP contribution is 2.47. The Labute approximate surface area is 170 Å². The molecule has 2 aliphatic rings. The van der Waals surface area contributed by atoms with Crippen molar-refractivity contribution >= 4 is 11.4 Å². The van der Waals surface area contributed by atoms with Crippen molar-refractivity contribution in [2.75, 3.05) is 0 Å². The standard InChI is InChI=1S/C24H27N3O2/c25-24(29)19-9-3-16(4-10-19)15-1-7-18(8-2-15)23(28)22-21(17-5-6-17)12-11-20-13-26-14-27(20)22/h3-4,9-15,17-18,23,28H,1-2,5-8H2,(H2,25,29)/t15?,18?,23-/m0/s1. The number of aliphatic hydroxyl groups excluding tert-OH is 1. The fourth-order valence-corrected chi connectivity index (χ4v) is 4.99. The molecule has 1 atom stereocenters. The number of rotatable bonds is 5. The van der Waals surface area contributed by atoms with Crippen LogP contribution in [0.15, 0.2) is 48.9 Å². The van der Waals surface area contributed by atoms with Crippen molar-refractivity contribution in [1.29, 1.82) is 0 Å². The van der Waals surface area contributed by atoms with Gasteiger partial charge in [0.25, 0.3) is 0 Å². The minimum atomic E-state index is -0.457. The van der Waals surface area contributed by atoms with Gasteiger partial charge in [0.2, 0.25) is 5.91 Å². The molecule has 0 bridgehead atoms. The van der Waals surface area contributed by atoms with Crippen molar-refractivity contribution in [3.05, 3.63) is 71.3 Å². The highest BCUT2D eigenvalue weighted by atomic mass is 16.3. The van der Waals surface area contributed by atoms with Crippen LogP contribution in [0, 0.1) is 5.92 Å². The summed E-state index contributed by atoms with van der Waals surface area (Å²) in [6.07, 6.45) is 9.78. The molecule has 2 heterocycles. The van der Waals surface area contributed by atoms with Crippen molar-refractivity contribution in [1.82, 2.24) is 9.38 Å². The molecule has 5 heteroatoms. The van der Waals surface area contributed by atoms with Crippen LogP contribution >= 0.6 is 0 Å². The Balaban J connectivity index is 1.33. The SMILES string of the molecule is NC(=O)c1ccc(C2CCC([C@H](O)c3c(C4CC4)ccc4cncn34)CC2)cc1. The van der Waals surface area contributed by atoms with Gasteiger partial charge in [0.1, 0.15) is 0 Å². The first-order valence-corrected chi connectivity index (χ1v) is 10.6. The molecule has 2 aromatic heterocycles. The van der Waals surface area contributed by atoms with Crippen LogP contribution in [0.5, 0.6) is 0 Å². The highest BCUT2D eigenvalue weighted by molar-refractivity contribution is 5.92. The molecule has 0 aliphatic heterocycles. The second-order valence-electron chi connectivity index (χ2n) is 8.68. The Bertz CT molecular complexity index is 1030. The number of pyridine rings is 1. The average Bonchev–Trinajstić information content (AvgIpc) is 3.49. The molecule has 150 valence electrons. The third-order valence-electron chi connectivity index (χ3n) is 6.84. The molecule has 2 saturated carbocycles. The van der Waals surface area contributed by atoms with Gasteiger partial charge in [-0.2, -0.15) is 0 Å². The average molecular weight is 389 g/mol. The van der Waals surface area contributed by atoms with Crippen LogP contribution in [0.4, 0.5) is 0 Å². The smallest absolute Gasteiger partial charge is 0.248 e. The molecular formula is C24H27N3O2. The monoisotopic (exact) mass is 389 g/mol. The quantitative estimate of drug-likeness (QED) is 0.682. The molecule has 2 aliphatic carbocycles. The number of benzene rings is 1. The first-order chi connectivity index (χ1) is 14.1. The van der Waals surface area contributed by atoms with Gasteiger partial charge in [0.15, 0.2) is 0 Å². The number of aliphatic hydroxyl groups is 1. The largest absolute Gasteiger partial charge is 0.387 e. The molecule has 0 spiro atoms. The molecule has 29 heavy (non-hydrogen) atoms. The van der Waals surface area contributed by atoms with E-state index in [0.29, 0.717) is 17.4 Å². The molecule has 0 saturated heterocycles. The van der Waals surface area contributed by atoms with E-state index in [2.05, 4.69) is 21.5 Å². The number of carbonyl (C=O) groups excluding carboxylic acids is 1. The van der Waals surface area contributed by atoms with E-state index in [4.69, 9.17) is 5.73 Å². The summed E-state index contributed by atoms with van der Waals surface area (Å²) in [4.78, 5) is 15.6. The maximum atomic E-state index is 11.4. The third-order valence-corrected chi connectivity index (χ3v) is 6.84. The summed E-state index contributed by atoms with van der Waals surface area (Å²) in [6, 6.07) is 12.0. The fourth-order valence-electron chi connectivity index (χ4n) is 4.99. The van der Waals surface area contributed by atoms with Crippen LogP contribution in [0.2, 0.25) is 0 Å². The molecule has 0 unspecified atom stereocenters. The Kier molecular flexibility index (Phi) is 4.63. The number of imidazole rings is 1.